The molecule has 9 nitrogen and oxygen atoms in total. The first kappa shape index (κ1) is 19.8. The van der Waals surface area contributed by atoms with Gasteiger partial charge in [-0.3, -0.25) is 19.7 Å². The van der Waals surface area contributed by atoms with Crippen molar-refractivity contribution in [1.82, 2.24) is 0 Å². The molecule has 3 N–H and O–H groups in total. The summed E-state index contributed by atoms with van der Waals surface area (Å²) < 4.78 is 4.64. The van der Waals surface area contributed by atoms with Crippen LogP contribution >= 0.6 is 11.3 Å². The number of hydrogen-bond acceptors (Lipinski definition) is 7. The smallest absolute Gasteiger partial charge is 0.348 e. The van der Waals surface area contributed by atoms with Crippen LogP contribution in [0.5, 0.6) is 0 Å². The van der Waals surface area contributed by atoms with Crippen LogP contribution in [0.2, 0.25) is 0 Å². The van der Waals surface area contributed by atoms with Crippen molar-refractivity contribution in [2.75, 3.05) is 12.4 Å². The largest absolute Gasteiger partial charge is 0.465 e. The third kappa shape index (κ3) is 4.55. The summed E-state index contributed by atoms with van der Waals surface area (Å²) >= 11 is 0.873. The van der Waals surface area contributed by atoms with Crippen LogP contribution in [0.1, 0.15) is 31.2 Å². The second-order valence-corrected chi connectivity index (χ2v) is 6.31. The molecule has 1 heterocycles. The van der Waals surface area contributed by atoms with Gasteiger partial charge in [-0.15, -0.1) is 11.3 Å². The van der Waals surface area contributed by atoms with Crippen LogP contribution in [0, 0.1) is 17.0 Å². The Labute approximate surface area is 157 Å². The summed E-state index contributed by atoms with van der Waals surface area (Å²) in [5.41, 5.74) is 6.03. The van der Waals surface area contributed by atoms with Gasteiger partial charge in [0.1, 0.15) is 9.88 Å². The molecule has 0 saturated heterocycles. The van der Waals surface area contributed by atoms with E-state index in [9.17, 15) is 24.5 Å². The molecule has 0 bridgehead atoms. The maximum Gasteiger partial charge on any atom is 0.348 e. The number of ether oxygens (including phenoxy) is 1. The number of nitrogens with zero attached hydrogens (tertiary/aromatic N) is 1. The summed E-state index contributed by atoms with van der Waals surface area (Å²) in [7, 11) is 1.20. The number of carbonyl (C=O) groups excluding carboxylic acids is 3. The van der Waals surface area contributed by atoms with Gasteiger partial charge in [-0.25, -0.2) is 4.79 Å². The van der Waals surface area contributed by atoms with E-state index in [0.717, 1.165) is 17.4 Å². The molecule has 2 aromatic rings. The number of nitro benzene ring substituents is 1. The first-order valence-corrected chi connectivity index (χ1v) is 8.31. The number of thiophene rings is 1. The van der Waals surface area contributed by atoms with Gasteiger partial charge in [-0.05, 0) is 24.1 Å². The molecule has 0 aliphatic rings. The van der Waals surface area contributed by atoms with Crippen molar-refractivity contribution < 1.29 is 24.0 Å². The number of hydrogen-bond donors (Lipinski definition) is 2. The van der Waals surface area contributed by atoms with E-state index in [4.69, 9.17) is 5.73 Å². The molecule has 0 atom stereocenters. The fourth-order valence-corrected chi connectivity index (χ4v) is 3.39. The zero-order chi connectivity index (χ0) is 20.1. The van der Waals surface area contributed by atoms with E-state index in [2.05, 4.69) is 10.1 Å². The molecule has 0 saturated carbocycles. The number of non-ortho nitro benzene ring substituents is 1. The Hall–Kier alpha value is -3.53. The highest BCUT2D eigenvalue weighted by Gasteiger charge is 2.24. The average molecular weight is 389 g/mol. The first-order chi connectivity index (χ1) is 12.7. The Balaban J connectivity index is 2.25. The number of anilines is 1. The van der Waals surface area contributed by atoms with Crippen LogP contribution < -0.4 is 11.1 Å². The molecule has 0 spiro atoms. The molecule has 2 rings (SSSR count). The van der Waals surface area contributed by atoms with Gasteiger partial charge in [0.25, 0.3) is 11.6 Å². The average Bonchev–Trinajstić information content (AvgIpc) is 2.95. The number of rotatable bonds is 6. The minimum absolute atomic E-state index is 0.0255. The van der Waals surface area contributed by atoms with Crippen molar-refractivity contribution in [3.05, 3.63) is 62.0 Å². The molecule has 27 heavy (non-hydrogen) atoms. The summed E-state index contributed by atoms with van der Waals surface area (Å²) in [6.45, 7) is 1.53. The summed E-state index contributed by atoms with van der Waals surface area (Å²) in [6.07, 6.45) is 2.53. The molecule has 0 fully saturated rings. The first-order valence-electron chi connectivity index (χ1n) is 7.49. The van der Waals surface area contributed by atoms with E-state index >= 15 is 0 Å². The Morgan fingerprint density at radius 1 is 1.33 bits per heavy atom. The lowest BCUT2D eigenvalue weighted by atomic mass is 10.1. The van der Waals surface area contributed by atoms with Gasteiger partial charge in [0, 0.05) is 18.2 Å². The van der Waals surface area contributed by atoms with E-state index in [1.54, 1.807) is 6.07 Å². The Bertz CT molecular complexity index is 964. The molecule has 1 aromatic heterocycles. The Morgan fingerprint density at radius 2 is 2.04 bits per heavy atom. The number of benzene rings is 1. The maximum atomic E-state index is 12.1. The molecular weight excluding hydrogens is 374 g/mol. The van der Waals surface area contributed by atoms with Crippen molar-refractivity contribution in [3.63, 3.8) is 0 Å². The fourth-order valence-electron chi connectivity index (χ4n) is 2.25. The van der Waals surface area contributed by atoms with Crippen molar-refractivity contribution in [3.8, 4) is 0 Å². The van der Waals surface area contributed by atoms with Gasteiger partial charge in [0.15, 0.2) is 0 Å². The molecule has 140 valence electrons. The fraction of sp³-hybridized carbons (Fsp3) is 0.118. The van der Waals surface area contributed by atoms with Crippen LogP contribution in [0.4, 0.5) is 10.7 Å². The number of nitrogens with two attached hydrogens (primary N) is 1. The quantitative estimate of drug-likeness (QED) is 0.336. The third-order valence-corrected chi connectivity index (χ3v) is 4.70. The van der Waals surface area contributed by atoms with Gasteiger partial charge < -0.3 is 15.8 Å². The predicted molar refractivity (Wildman–Crippen MR) is 99.7 cm³/mol. The zero-order valence-electron chi connectivity index (χ0n) is 14.3. The highest BCUT2D eigenvalue weighted by Crippen LogP contribution is 2.33. The van der Waals surface area contributed by atoms with Gasteiger partial charge in [-0.2, -0.15) is 0 Å². The second kappa shape index (κ2) is 8.23. The molecule has 0 aliphatic carbocycles. The van der Waals surface area contributed by atoms with Crippen LogP contribution in [-0.4, -0.2) is 29.8 Å². The lowest BCUT2D eigenvalue weighted by Crippen LogP contribution is -2.16. The minimum Gasteiger partial charge on any atom is -0.465 e. The lowest BCUT2D eigenvalue weighted by Gasteiger charge is -2.02. The van der Waals surface area contributed by atoms with Crippen LogP contribution in [0.3, 0.4) is 0 Å². The topological polar surface area (TPSA) is 142 Å². The molecule has 0 unspecified atom stereocenters. The zero-order valence-corrected chi connectivity index (χ0v) is 15.2. The molecule has 2 amide bonds. The van der Waals surface area contributed by atoms with Crippen LogP contribution in [0.25, 0.3) is 6.08 Å². The van der Waals surface area contributed by atoms with Crippen molar-refractivity contribution >= 4 is 45.9 Å². The van der Waals surface area contributed by atoms with E-state index in [1.807, 2.05) is 0 Å². The summed E-state index contributed by atoms with van der Waals surface area (Å²) in [4.78, 5) is 46.0. The standard InChI is InChI=1S/C17H15N3O6S/c1-9-13(15(18)22)16(27-14(9)17(23)26-2)19-12(21)7-6-10-4-3-5-11(8-10)20(24)25/h3-8H,1-2H3,(H2,18,22)(H,19,21)/b7-6+. The molecule has 1 aromatic carbocycles. The molecule has 10 heteroatoms. The van der Waals surface area contributed by atoms with Gasteiger partial charge in [-0.1, -0.05) is 12.1 Å². The predicted octanol–water partition coefficient (Wildman–Crippen LogP) is 2.50. The second-order valence-electron chi connectivity index (χ2n) is 5.29. The Kier molecular flexibility index (Phi) is 6.03. The number of methoxy groups -OCH3 is 1. The summed E-state index contributed by atoms with van der Waals surface area (Å²) in [5, 5.41) is 13.4. The number of amides is 2. The monoisotopic (exact) mass is 389 g/mol. The summed E-state index contributed by atoms with van der Waals surface area (Å²) in [6, 6.07) is 5.73. The highest BCUT2D eigenvalue weighted by atomic mass is 32.1. The van der Waals surface area contributed by atoms with Gasteiger partial charge in [0.2, 0.25) is 5.91 Å². The van der Waals surface area contributed by atoms with E-state index < -0.39 is 22.7 Å². The van der Waals surface area contributed by atoms with E-state index in [-0.39, 0.29) is 21.1 Å². The van der Waals surface area contributed by atoms with Crippen LogP contribution in [0.15, 0.2) is 30.3 Å². The molecule has 0 radical (unpaired) electrons. The normalized spacial score (nSPS) is 10.6. The number of carbonyl (C=O) groups is 3. The van der Waals surface area contributed by atoms with Gasteiger partial charge in [0.05, 0.1) is 17.6 Å². The highest BCUT2D eigenvalue weighted by molar-refractivity contribution is 7.18. The van der Waals surface area contributed by atoms with Crippen LogP contribution in [-0.2, 0) is 9.53 Å². The third-order valence-electron chi connectivity index (χ3n) is 3.51. The van der Waals surface area contributed by atoms with Crippen molar-refractivity contribution in [1.29, 1.82) is 0 Å². The molecular formula is C17H15N3O6S. The number of esters is 1. The molecule has 0 aliphatic heterocycles. The summed E-state index contributed by atoms with van der Waals surface area (Å²) in [5.74, 6) is -2.04. The van der Waals surface area contributed by atoms with Gasteiger partial charge >= 0.3 is 5.97 Å². The maximum absolute atomic E-state index is 12.1. The van der Waals surface area contributed by atoms with E-state index in [1.165, 1.54) is 38.3 Å². The van der Waals surface area contributed by atoms with E-state index in [0.29, 0.717) is 11.1 Å². The lowest BCUT2D eigenvalue weighted by molar-refractivity contribution is -0.384. The minimum atomic E-state index is -0.795. The number of primary amides is 1. The van der Waals surface area contributed by atoms with Crippen molar-refractivity contribution in [2.24, 2.45) is 5.73 Å². The van der Waals surface area contributed by atoms with Crippen molar-refractivity contribution in [2.45, 2.75) is 6.92 Å². The SMILES string of the molecule is COC(=O)c1sc(NC(=O)/C=C/c2cccc([N+](=O)[O-])c2)c(C(N)=O)c1C. The Morgan fingerprint density at radius 3 is 2.63 bits per heavy atom. The number of nitro groups is 1. The number of nitrogens with one attached hydrogen (secondary N) is 1.